The van der Waals surface area contributed by atoms with Gasteiger partial charge in [-0.2, -0.15) is 0 Å². The van der Waals surface area contributed by atoms with E-state index in [1.165, 1.54) is 19.1 Å². The number of Topliss-reactive ketones (excluding diaryl/α,β-unsaturated/α-hetero) is 1. The predicted octanol–water partition coefficient (Wildman–Crippen LogP) is 2.57. The van der Waals surface area contributed by atoms with Gasteiger partial charge in [0.2, 0.25) is 5.78 Å². The molecule has 1 N–H and O–H groups in total. The molecule has 1 atom stereocenters. The minimum atomic E-state index is -1.05. The van der Waals surface area contributed by atoms with Crippen LogP contribution in [0.25, 0.3) is 0 Å². The number of esters is 1. The standard InChI is InChI=1S/C18H21ClN2O5/c1-4-18(5-2)16(24)21(17(25)20-18)10-14(22)26-11(3)15(23)12-6-8-13(19)9-7-12/h6-9,11H,4-5,10H2,1-3H3,(H,20,25). The summed E-state index contributed by atoms with van der Waals surface area (Å²) in [6.07, 6.45) is -0.206. The quantitative estimate of drug-likeness (QED) is 0.446. The zero-order chi connectivity index (χ0) is 19.5. The summed E-state index contributed by atoms with van der Waals surface area (Å²) in [5.41, 5.74) is -0.636. The average Bonchev–Trinajstić information content (AvgIpc) is 2.86. The Labute approximate surface area is 156 Å². The van der Waals surface area contributed by atoms with Crippen LogP contribution >= 0.6 is 11.6 Å². The molecule has 0 aromatic heterocycles. The molecule has 2 rings (SSSR count). The molecule has 3 amide bonds. The lowest BCUT2D eigenvalue weighted by atomic mass is 9.93. The van der Waals surface area contributed by atoms with Gasteiger partial charge in [0.25, 0.3) is 5.91 Å². The van der Waals surface area contributed by atoms with Crippen molar-refractivity contribution in [3.05, 3.63) is 34.9 Å². The summed E-state index contributed by atoms with van der Waals surface area (Å²) in [5, 5.41) is 3.12. The average molecular weight is 381 g/mol. The molecule has 1 aliphatic heterocycles. The third-order valence-corrected chi connectivity index (χ3v) is 4.80. The monoisotopic (exact) mass is 380 g/mol. The van der Waals surface area contributed by atoms with E-state index in [0.717, 1.165) is 4.90 Å². The number of urea groups is 1. The van der Waals surface area contributed by atoms with Crippen molar-refractivity contribution in [2.24, 2.45) is 0 Å². The number of amides is 3. The number of carbonyl (C=O) groups excluding carboxylic acids is 4. The fourth-order valence-electron chi connectivity index (χ4n) is 2.81. The van der Waals surface area contributed by atoms with Crippen molar-refractivity contribution >= 4 is 35.3 Å². The number of hydrogen-bond acceptors (Lipinski definition) is 5. The summed E-state index contributed by atoms with van der Waals surface area (Å²) in [7, 11) is 0. The van der Waals surface area contributed by atoms with Gasteiger partial charge >= 0.3 is 12.0 Å². The van der Waals surface area contributed by atoms with Gasteiger partial charge in [-0.25, -0.2) is 4.79 Å². The Morgan fingerprint density at radius 2 is 1.77 bits per heavy atom. The number of rotatable bonds is 7. The Balaban J connectivity index is 2.00. The molecule has 8 heteroatoms. The molecule has 1 unspecified atom stereocenters. The van der Waals surface area contributed by atoms with Crippen molar-refractivity contribution in [1.29, 1.82) is 0 Å². The summed E-state index contributed by atoms with van der Waals surface area (Å²) in [4.78, 5) is 49.7. The number of ketones is 1. The SMILES string of the molecule is CCC1(CC)NC(=O)N(CC(=O)OC(C)C(=O)c2ccc(Cl)cc2)C1=O. The molecule has 1 aromatic rings. The first-order valence-corrected chi connectivity index (χ1v) is 8.75. The van der Waals surface area contributed by atoms with Crippen LogP contribution in [0.4, 0.5) is 4.79 Å². The third kappa shape index (κ3) is 3.88. The number of nitrogens with one attached hydrogen (secondary N) is 1. The minimum absolute atomic E-state index is 0.348. The molecule has 1 aliphatic rings. The summed E-state index contributed by atoms with van der Waals surface area (Å²) in [6.45, 7) is 4.47. The molecule has 0 spiro atoms. The van der Waals surface area contributed by atoms with Crippen molar-refractivity contribution < 1.29 is 23.9 Å². The summed E-state index contributed by atoms with van der Waals surface area (Å²) < 4.78 is 5.10. The molecule has 1 heterocycles. The van der Waals surface area contributed by atoms with Gasteiger partial charge in [-0.1, -0.05) is 25.4 Å². The maximum Gasteiger partial charge on any atom is 0.326 e. The number of imide groups is 1. The predicted molar refractivity (Wildman–Crippen MR) is 94.9 cm³/mol. The number of benzene rings is 1. The third-order valence-electron chi connectivity index (χ3n) is 4.55. The molecule has 26 heavy (non-hydrogen) atoms. The van der Waals surface area contributed by atoms with Gasteiger partial charge < -0.3 is 10.1 Å². The lowest BCUT2D eigenvalue weighted by Gasteiger charge is -2.23. The first kappa shape index (κ1) is 19.9. The van der Waals surface area contributed by atoms with E-state index < -0.39 is 41.9 Å². The van der Waals surface area contributed by atoms with Crippen LogP contribution in [0.1, 0.15) is 44.0 Å². The first-order valence-electron chi connectivity index (χ1n) is 8.37. The van der Waals surface area contributed by atoms with Crippen LogP contribution in [0.3, 0.4) is 0 Å². The minimum Gasteiger partial charge on any atom is -0.453 e. The van der Waals surface area contributed by atoms with Crippen LogP contribution in [-0.4, -0.2) is 46.8 Å². The zero-order valence-electron chi connectivity index (χ0n) is 14.9. The van der Waals surface area contributed by atoms with E-state index in [9.17, 15) is 19.2 Å². The fourth-order valence-corrected chi connectivity index (χ4v) is 2.94. The van der Waals surface area contributed by atoms with Crippen LogP contribution in [0, 0.1) is 0 Å². The van der Waals surface area contributed by atoms with Gasteiger partial charge in [0.05, 0.1) is 0 Å². The van der Waals surface area contributed by atoms with Crippen molar-refractivity contribution in [2.45, 2.75) is 45.3 Å². The smallest absolute Gasteiger partial charge is 0.326 e. The topological polar surface area (TPSA) is 92.8 Å². The van der Waals surface area contributed by atoms with Crippen LogP contribution in [-0.2, 0) is 14.3 Å². The Hall–Kier alpha value is -2.41. The summed E-state index contributed by atoms with van der Waals surface area (Å²) in [5.74, 6) is -1.68. The van der Waals surface area contributed by atoms with Crippen LogP contribution in [0.2, 0.25) is 5.02 Å². The number of carbonyl (C=O) groups is 4. The second-order valence-electron chi connectivity index (χ2n) is 6.11. The zero-order valence-corrected chi connectivity index (χ0v) is 15.6. The lowest BCUT2D eigenvalue weighted by molar-refractivity contribution is -0.150. The van der Waals surface area contributed by atoms with E-state index in [1.807, 2.05) is 0 Å². The first-order chi connectivity index (χ1) is 12.2. The fraction of sp³-hybridized carbons (Fsp3) is 0.444. The van der Waals surface area contributed by atoms with Crippen molar-refractivity contribution in [3.63, 3.8) is 0 Å². The highest BCUT2D eigenvalue weighted by Crippen LogP contribution is 2.24. The molecular formula is C18H21ClN2O5. The van der Waals surface area contributed by atoms with Crippen LogP contribution < -0.4 is 5.32 Å². The van der Waals surface area contributed by atoms with E-state index >= 15 is 0 Å². The van der Waals surface area contributed by atoms with E-state index in [-0.39, 0.29) is 0 Å². The van der Waals surface area contributed by atoms with Crippen molar-refractivity contribution in [2.75, 3.05) is 6.54 Å². The molecule has 0 saturated carbocycles. The largest absolute Gasteiger partial charge is 0.453 e. The summed E-state index contributed by atoms with van der Waals surface area (Å²) >= 11 is 5.78. The maximum absolute atomic E-state index is 12.5. The molecule has 0 bridgehead atoms. The van der Waals surface area contributed by atoms with E-state index in [4.69, 9.17) is 16.3 Å². The highest BCUT2D eigenvalue weighted by atomic mass is 35.5. The van der Waals surface area contributed by atoms with Gasteiger partial charge in [-0.05, 0) is 44.0 Å². The Bertz CT molecular complexity index is 728. The number of nitrogens with zero attached hydrogens (tertiary/aromatic N) is 1. The molecule has 7 nitrogen and oxygen atoms in total. The van der Waals surface area contributed by atoms with E-state index in [0.29, 0.717) is 23.4 Å². The van der Waals surface area contributed by atoms with Gasteiger partial charge in [-0.3, -0.25) is 19.3 Å². The Morgan fingerprint density at radius 1 is 1.19 bits per heavy atom. The van der Waals surface area contributed by atoms with Gasteiger partial charge in [0, 0.05) is 10.6 Å². The molecule has 1 aromatic carbocycles. The van der Waals surface area contributed by atoms with Crippen molar-refractivity contribution in [1.82, 2.24) is 10.2 Å². The number of hydrogen-bond donors (Lipinski definition) is 1. The van der Waals surface area contributed by atoms with Gasteiger partial charge in [0.1, 0.15) is 12.1 Å². The number of halogens is 1. The second kappa shape index (κ2) is 7.86. The summed E-state index contributed by atoms with van der Waals surface area (Å²) in [6, 6.07) is 5.55. The lowest BCUT2D eigenvalue weighted by Crippen LogP contribution is -2.46. The van der Waals surface area contributed by atoms with Gasteiger partial charge in [-0.15, -0.1) is 0 Å². The Morgan fingerprint density at radius 3 is 2.27 bits per heavy atom. The highest BCUT2D eigenvalue weighted by molar-refractivity contribution is 6.30. The highest BCUT2D eigenvalue weighted by Gasteiger charge is 2.49. The van der Waals surface area contributed by atoms with E-state index in [1.54, 1.807) is 26.0 Å². The molecule has 1 fully saturated rings. The molecular weight excluding hydrogens is 360 g/mol. The Kier molecular flexibility index (Phi) is 6.02. The van der Waals surface area contributed by atoms with Crippen LogP contribution in [0.5, 0.6) is 0 Å². The van der Waals surface area contributed by atoms with Gasteiger partial charge in [0.15, 0.2) is 6.10 Å². The molecule has 1 saturated heterocycles. The van der Waals surface area contributed by atoms with Crippen LogP contribution in [0.15, 0.2) is 24.3 Å². The number of ether oxygens (including phenoxy) is 1. The molecule has 0 aliphatic carbocycles. The molecule has 0 radical (unpaired) electrons. The van der Waals surface area contributed by atoms with E-state index in [2.05, 4.69) is 5.32 Å². The normalized spacial score (nSPS) is 17.0. The van der Waals surface area contributed by atoms with Crippen molar-refractivity contribution in [3.8, 4) is 0 Å². The molecule has 140 valence electrons. The maximum atomic E-state index is 12.5. The second-order valence-corrected chi connectivity index (χ2v) is 6.55.